The summed E-state index contributed by atoms with van der Waals surface area (Å²) in [6.45, 7) is 10.9. The molecule has 0 spiro atoms. The zero-order chi connectivity index (χ0) is 48.5. The molecule has 7 aromatic rings. The van der Waals surface area contributed by atoms with Crippen molar-refractivity contribution < 1.29 is 30.5 Å². The fraction of sp³-hybridized carbons (Fsp3) is 0.255. The number of aryl methyl sites for hydroxylation is 1. The van der Waals surface area contributed by atoms with Gasteiger partial charge in [-0.1, -0.05) is 141 Å². The molecule has 2 aliphatic rings. The first kappa shape index (κ1) is 49.8. The van der Waals surface area contributed by atoms with Crippen molar-refractivity contribution in [3.63, 3.8) is 0 Å². The quantitative estimate of drug-likeness (QED) is 0.0696. The Kier molecular flexibility index (Phi) is 16.2. The van der Waals surface area contributed by atoms with Crippen LogP contribution < -0.4 is 14.4 Å². The van der Waals surface area contributed by atoms with Gasteiger partial charge < -0.3 is 19.3 Å². The van der Waals surface area contributed by atoms with Crippen molar-refractivity contribution in [3.05, 3.63) is 179 Å². The van der Waals surface area contributed by atoms with Crippen LogP contribution in [-0.2, 0) is 26.8 Å². The number of benzene rings is 6. The van der Waals surface area contributed by atoms with E-state index in [2.05, 4.69) is 137 Å². The van der Waals surface area contributed by atoms with Crippen molar-refractivity contribution in [1.29, 1.82) is 0 Å². The number of anilines is 3. The van der Waals surface area contributed by atoms with Gasteiger partial charge in [0, 0.05) is 46.5 Å². The van der Waals surface area contributed by atoms with Gasteiger partial charge in [-0.25, -0.2) is 8.42 Å². The highest BCUT2D eigenvalue weighted by Crippen LogP contribution is 2.50. The van der Waals surface area contributed by atoms with E-state index in [-0.39, 0.29) is 18.6 Å². The standard InChI is InChI=1S/C49H43N3O6S4.C6H15N/c53-61(54,55)33-11-31-50-45(59-43-27-23-35-13-7-9-19-41(35)48(43)50)29-25-37-21-22-38(47(37)52(39-15-3-1-4-16-39)40-17-5-2-6-18-40)26-30-46-51(32-12-34-62(56,57)58)49-42-20-10-8-14-36(42)24-28-44(49)60-46;1-4-7(5-2)6-3/h1-10,13-20,23-30H,11-12,21-22,31-34H2,(H-,53,54,55,56,57,58);4-6H2,1-3H3. The van der Waals surface area contributed by atoms with Crippen molar-refractivity contribution >= 4 is 98.2 Å². The Morgan fingerprint density at radius 2 is 1.30 bits per heavy atom. The number of para-hydroxylation sites is 2. The van der Waals surface area contributed by atoms with E-state index in [9.17, 15) is 25.9 Å². The SMILES string of the molecule is CCN(CC)CC.O=S(=O)([O-])CCC[n+]1c(C=CC2=C(N(c3ccccc3)c3ccccc3)C(=CC=C3Sc4ccc5ccccc5c4N3CCCS(=O)(=O)O)CC2)sc2ccc3ccccc3c21. The lowest BCUT2D eigenvalue weighted by Crippen LogP contribution is -2.36. The largest absolute Gasteiger partial charge is 0.748 e. The van der Waals surface area contributed by atoms with Gasteiger partial charge in [-0.2, -0.15) is 13.0 Å². The van der Waals surface area contributed by atoms with Crippen LogP contribution in [0.1, 0.15) is 51.5 Å². The molecule has 0 fully saturated rings. The van der Waals surface area contributed by atoms with Gasteiger partial charge in [0.15, 0.2) is 6.54 Å². The second kappa shape index (κ2) is 22.4. The first-order chi connectivity index (χ1) is 33.4. The normalized spacial score (nSPS) is 15.4. The molecular weight excluding hydrogens is 941 g/mol. The van der Waals surface area contributed by atoms with E-state index in [1.54, 1.807) is 23.1 Å². The van der Waals surface area contributed by atoms with Gasteiger partial charge in [-0.15, -0.1) is 0 Å². The molecule has 0 atom stereocenters. The molecule has 14 heteroatoms. The zero-order valence-electron chi connectivity index (χ0n) is 39.2. The molecule has 10 nitrogen and oxygen atoms in total. The summed E-state index contributed by atoms with van der Waals surface area (Å²) in [6, 6.07) is 45.4. The van der Waals surface area contributed by atoms with Crippen LogP contribution in [-0.4, -0.2) is 68.5 Å². The van der Waals surface area contributed by atoms with Crippen LogP contribution in [0.15, 0.2) is 178 Å². The first-order valence-corrected chi connectivity index (χ1v) is 28.3. The summed E-state index contributed by atoms with van der Waals surface area (Å²) < 4.78 is 71.6. The Morgan fingerprint density at radius 1 is 0.696 bits per heavy atom. The monoisotopic (exact) mass is 998 g/mol. The van der Waals surface area contributed by atoms with Crippen molar-refractivity contribution in [2.24, 2.45) is 0 Å². The molecule has 69 heavy (non-hydrogen) atoms. The molecular formula is C55H58N4O6S4. The molecule has 1 aliphatic carbocycles. The highest BCUT2D eigenvalue weighted by Gasteiger charge is 2.30. The minimum atomic E-state index is -4.38. The van der Waals surface area contributed by atoms with Gasteiger partial charge in [0.1, 0.15) is 4.70 Å². The lowest BCUT2D eigenvalue weighted by Gasteiger charge is -2.28. The van der Waals surface area contributed by atoms with E-state index in [4.69, 9.17) is 0 Å². The van der Waals surface area contributed by atoms with Gasteiger partial charge in [-0.3, -0.25) is 4.55 Å². The highest BCUT2D eigenvalue weighted by atomic mass is 32.2. The highest BCUT2D eigenvalue weighted by molar-refractivity contribution is 8.03. The average Bonchev–Trinajstić information content (AvgIpc) is 4.04. The molecule has 0 amide bonds. The molecule has 358 valence electrons. The van der Waals surface area contributed by atoms with E-state index in [0.29, 0.717) is 13.1 Å². The Labute approximate surface area is 415 Å². The maximum absolute atomic E-state index is 11.8. The number of allylic oxidation sites excluding steroid dienone is 5. The minimum Gasteiger partial charge on any atom is -0.748 e. The van der Waals surface area contributed by atoms with Crippen molar-refractivity contribution in [1.82, 2.24) is 4.90 Å². The van der Waals surface area contributed by atoms with Crippen LogP contribution in [0.5, 0.6) is 0 Å². The third-order valence-electron chi connectivity index (χ3n) is 12.5. The van der Waals surface area contributed by atoms with Crippen molar-refractivity contribution in [2.45, 2.75) is 57.9 Å². The third kappa shape index (κ3) is 12.1. The molecule has 1 aromatic heterocycles. The fourth-order valence-corrected chi connectivity index (χ4v) is 12.3. The molecule has 1 N–H and O–H groups in total. The van der Waals surface area contributed by atoms with E-state index in [1.165, 1.54) is 19.6 Å². The summed E-state index contributed by atoms with van der Waals surface area (Å²) in [5, 5.41) is 6.23. The van der Waals surface area contributed by atoms with Gasteiger partial charge in [0.25, 0.3) is 15.1 Å². The minimum absolute atomic E-state index is 0.197. The van der Waals surface area contributed by atoms with Gasteiger partial charge in [-0.05, 0) is 115 Å². The molecule has 0 unspecified atom stereocenters. The maximum Gasteiger partial charge on any atom is 0.264 e. The fourth-order valence-electron chi connectivity index (χ4n) is 9.14. The molecule has 6 aromatic carbocycles. The molecule has 0 bridgehead atoms. The van der Waals surface area contributed by atoms with Gasteiger partial charge >= 0.3 is 0 Å². The van der Waals surface area contributed by atoms with Crippen LogP contribution in [0, 0.1) is 0 Å². The van der Waals surface area contributed by atoms with Crippen LogP contribution in [0.3, 0.4) is 0 Å². The Morgan fingerprint density at radius 3 is 1.93 bits per heavy atom. The summed E-state index contributed by atoms with van der Waals surface area (Å²) in [4.78, 5) is 7.94. The maximum atomic E-state index is 11.8. The van der Waals surface area contributed by atoms with Crippen molar-refractivity contribution in [2.75, 3.05) is 47.5 Å². The van der Waals surface area contributed by atoms with E-state index in [0.717, 1.165) is 93.4 Å². The lowest BCUT2D eigenvalue weighted by molar-refractivity contribution is -0.667. The third-order valence-corrected chi connectivity index (χ3v) is 16.3. The van der Waals surface area contributed by atoms with E-state index >= 15 is 0 Å². The molecule has 1 aliphatic heterocycles. The topological polar surface area (TPSA) is 125 Å². The second-order valence-corrected chi connectivity index (χ2v) is 22.1. The Bertz CT molecular complexity index is 3250. The number of hydrogen-bond acceptors (Lipinski definition) is 10. The van der Waals surface area contributed by atoms with Crippen molar-refractivity contribution in [3.8, 4) is 0 Å². The zero-order valence-corrected chi connectivity index (χ0v) is 42.5. The number of nitrogens with zero attached hydrogens (tertiary/aromatic N) is 4. The van der Waals surface area contributed by atoms with Gasteiger partial charge in [0.2, 0.25) is 5.52 Å². The number of hydrogen-bond donors (Lipinski definition) is 1. The number of fused-ring (bicyclic) bond motifs is 6. The smallest absolute Gasteiger partial charge is 0.264 e. The summed E-state index contributed by atoms with van der Waals surface area (Å²) in [6.07, 6.45) is 10.6. The van der Waals surface area contributed by atoms with Crippen LogP contribution in [0.25, 0.3) is 37.8 Å². The summed E-state index contributed by atoms with van der Waals surface area (Å²) in [5.74, 6) is -0.771. The van der Waals surface area contributed by atoms with Crippen LogP contribution >= 0.6 is 23.1 Å². The summed E-state index contributed by atoms with van der Waals surface area (Å²) in [5.41, 5.74) is 7.35. The Hall–Kier alpha value is -5.58. The van der Waals surface area contributed by atoms with Crippen LogP contribution in [0.2, 0.25) is 0 Å². The predicted octanol–water partition coefficient (Wildman–Crippen LogP) is 12.3. The second-order valence-electron chi connectivity index (χ2n) is 16.9. The van der Waals surface area contributed by atoms with E-state index < -0.39 is 26.0 Å². The Balaban J connectivity index is 0.000000853. The lowest BCUT2D eigenvalue weighted by atomic mass is 10.1. The predicted molar refractivity (Wildman–Crippen MR) is 287 cm³/mol. The summed E-state index contributed by atoms with van der Waals surface area (Å²) >= 11 is 3.29. The molecule has 0 saturated heterocycles. The molecule has 0 saturated carbocycles. The summed E-state index contributed by atoms with van der Waals surface area (Å²) in [7, 11) is -8.51. The molecule has 0 radical (unpaired) electrons. The van der Waals surface area contributed by atoms with E-state index in [1.807, 2.05) is 60.7 Å². The molecule has 9 rings (SSSR count). The number of aromatic nitrogens is 1. The number of rotatable bonds is 17. The number of thiazole rings is 1. The first-order valence-electron chi connectivity index (χ1n) is 23.5. The molecule has 2 heterocycles. The van der Waals surface area contributed by atoms with Gasteiger partial charge in [0.05, 0.1) is 37.7 Å². The average molecular weight is 999 g/mol. The van der Waals surface area contributed by atoms with Crippen LogP contribution in [0.4, 0.5) is 17.1 Å². The number of thioether (sulfide) groups is 1.